The summed E-state index contributed by atoms with van der Waals surface area (Å²) in [5, 5.41) is 9.11. The number of halogens is 1. The van der Waals surface area contributed by atoms with Crippen molar-refractivity contribution in [2.75, 3.05) is 0 Å². The molecule has 0 saturated heterocycles. The van der Waals surface area contributed by atoms with E-state index in [9.17, 15) is 0 Å². The highest BCUT2D eigenvalue weighted by molar-refractivity contribution is 6.20. The van der Waals surface area contributed by atoms with Crippen LogP contribution in [0.25, 0.3) is 0 Å². The Labute approximate surface area is 54.7 Å². The molecule has 1 aliphatic carbocycles. The Bertz CT molecular complexity index is 66.9. The van der Waals surface area contributed by atoms with E-state index in [4.69, 9.17) is 16.7 Å². The molecule has 1 rings (SSSR count). The Morgan fingerprint density at radius 3 is 2.75 bits per heavy atom. The van der Waals surface area contributed by atoms with Crippen LogP contribution in [0.15, 0.2) is 0 Å². The molecule has 1 N–H and O–H groups in total. The van der Waals surface area contributed by atoms with Gasteiger partial charge in [-0.05, 0) is 25.7 Å². The lowest BCUT2D eigenvalue weighted by Crippen LogP contribution is -2.12. The molecule has 0 amide bonds. The molecule has 0 aromatic heterocycles. The highest BCUT2D eigenvalue weighted by atomic mass is 35.5. The molecule has 0 heterocycles. The van der Waals surface area contributed by atoms with Crippen molar-refractivity contribution < 1.29 is 5.11 Å². The van der Waals surface area contributed by atoms with Crippen molar-refractivity contribution in [2.24, 2.45) is 0 Å². The molecular weight excluding hydrogens is 124 g/mol. The molecule has 1 nitrogen and oxygen atoms in total. The van der Waals surface area contributed by atoms with Crippen molar-refractivity contribution in [2.45, 2.75) is 31.1 Å². The summed E-state index contributed by atoms with van der Waals surface area (Å²) in [5.74, 6) is 0. The van der Waals surface area contributed by atoms with Gasteiger partial charge in [0.15, 0.2) is 0 Å². The SMILES string of the molecule is O[C]1CCCC(Cl)C1. The summed E-state index contributed by atoms with van der Waals surface area (Å²) in [4.78, 5) is 0. The van der Waals surface area contributed by atoms with Gasteiger partial charge in [0.05, 0.1) is 6.10 Å². The van der Waals surface area contributed by atoms with E-state index in [1.165, 1.54) is 0 Å². The molecule has 1 fully saturated rings. The minimum absolute atomic E-state index is 0.198. The fraction of sp³-hybridized carbons (Fsp3) is 0.833. The highest BCUT2D eigenvalue weighted by Gasteiger charge is 2.17. The van der Waals surface area contributed by atoms with Gasteiger partial charge in [-0.1, -0.05) is 0 Å². The molecular formula is C6H10ClO. The molecule has 0 aromatic carbocycles. The van der Waals surface area contributed by atoms with E-state index in [2.05, 4.69) is 0 Å². The molecule has 0 aliphatic heterocycles. The predicted octanol–water partition coefficient (Wildman–Crippen LogP) is 2.07. The summed E-state index contributed by atoms with van der Waals surface area (Å²) in [5.41, 5.74) is 0. The second-order valence-electron chi connectivity index (χ2n) is 2.26. The molecule has 1 saturated carbocycles. The zero-order valence-corrected chi connectivity index (χ0v) is 5.49. The van der Waals surface area contributed by atoms with Crippen molar-refractivity contribution in [1.29, 1.82) is 0 Å². The number of hydrogen-bond acceptors (Lipinski definition) is 1. The van der Waals surface area contributed by atoms with Crippen molar-refractivity contribution in [1.82, 2.24) is 0 Å². The van der Waals surface area contributed by atoms with Crippen molar-refractivity contribution in [3.8, 4) is 0 Å². The first-order chi connectivity index (χ1) is 3.79. The average Bonchev–Trinajstić information content (AvgIpc) is 1.64. The molecule has 47 valence electrons. The Morgan fingerprint density at radius 1 is 1.62 bits per heavy atom. The standard InChI is InChI=1S/C6H10ClO/c7-5-2-1-3-6(8)4-5/h5,8H,1-4H2. The van der Waals surface area contributed by atoms with E-state index < -0.39 is 0 Å². The van der Waals surface area contributed by atoms with Gasteiger partial charge in [0, 0.05) is 5.38 Å². The van der Waals surface area contributed by atoms with Crippen molar-refractivity contribution >= 4 is 11.6 Å². The molecule has 2 heteroatoms. The smallest absolute Gasteiger partial charge is 0.0947 e. The lowest BCUT2D eigenvalue weighted by molar-refractivity contribution is 0.241. The first-order valence-corrected chi connectivity index (χ1v) is 3.40. The average molecular weight is 134 g/mol. The normalized spacial score (nSPS) is 33.0. The number of aliphatic hydroxyl groups excluding tert-OH is 1. The molecule has 1 atom stereocenters. The van der Waals surface area contributed by atoms with E-state index >= 15 is 0 Å². The first kappa shape index (κ1) is 6.37. The zero-order chi connectivity index (χ0) is 5.98. The van der Waals surface area contributed by atoms with Gasteiger partial charge in [-0.2, -0.15) is 0 Å². The molecule has 0 bridgehead atoms. The van der Waals surface area contributed by atoms with Crippen molar-refractivity contribution in [3.63, 3.8) is 0 Å². The van der Waals surface area contributed by atoms with Gasteiger partial charge in [-0.15, -0.1) is 11.6 Å². The topological polar surface area (TPSA) is 20.2 Å². The molecule has 0 spiro atoms. The first-order valence-electron chi connectivity index (χ1n) is 2.97. The lowest BCUT2D eigenvalue weighted by Gasteiger charge is -2.19. The largest absolute Gasteiger partial charge is 0.387 e. The van der Waals surface area contributed by atoms with Crippen LogP contribution in [0.2, 0.25) is 0 Å². The fourth-order valence-corrected chi connectivity index (χ4v) is 1.32. The highest BCUT2D eigenvalue weighted by Crippen LogP contribution is 2.26. The maximum absolute atomic E-state index is 8.91. The number of hydrogen-bond donors (Lipinski definition) is 1. The van der Waals surface area contributed by atoms with Crippen LogP contribution in [0.1, 0.15) is 25.7 Å². The van der Waals surface area contributed by atoms with Crippen LogP contribution in [0.3, 0.4) is 0 Å². The molecule has 8 heavy (non-hydrogen) atoms. The zero-order valence-electron chi connectivity index (χ0n) is 4.73. The van der Waals surface area contributed by atoms with Gasteiger partial charge in [0.1, 0.15) is 0 Å². The summed E-state index contributed by atoms with van der Waals surface area (Å²) >= 11 is 5.73. The maximum atomic E-state index is 8.91. The van der Waals surface area contributed by atoms with E-state index in [0.717, 1.165) is 19.3 Å². The van der Waals surface area contributed by atoms with Gasteiger partial charge in [-0.3, -0.25) is 0 Å². The predicted molar refractivity (Wildman–Crippen MR) is 33.3 cm³/mol. The summed E-state index contributed by atoms with van der Waals surface area (Å²) in [6.45, 7) is 0. The van der Waals surface area contributed by atoms with E-state index in [0.29, 0.717) is 12.5 Å². The second kappa shape index (κ2) is 2.70. The van der Waals surface area contributed by atoms with Gasteiger partial charge in [-0.25, -0.2) is 0 Å². The lowest BCUT2D eigenvalue weighted by atomic mass is 9.98. The third kappa shape index (κ3) is 1.64. The monoisotopic (exact) mass is 133 g/mol. The number of rotatable bonds is 0. The Balaban J connectivity index is 2.23. The van der Waals surface area contributed by atoms with Crippen LogP contribution < -0.4 is 0 Å². The molecule has 1 unspecified atom stereocenters. The van der Waals surface area contributed by atoms with Crippen LogP contribution in [-0.2, 0) is 0 Å². The third-order valence-electron chi connectivity index (χ3n) is 1.44. The third-order valence-corrected chi connectivity index (χ3v) is 1.81. The fourth-order valence-electron chi connectivity index (χ4n) is 0.987. The molecule has 0 aromatic rings. The van der Waals surface area contributed by atoms with Gasteiger partial charge >= 0.3 is 0 Å². The van der Waals surface area contributed by atoms with Crippen molar-refractivity contribution in [3.05, 3.63) is 6.10 Å². The summed E-state index contributed by atoms with van der Waals surface area (Å²) in [6.07, 6.45) is 4.27. The minimum Gasteiger partial charge on any atom is -0.387 e. The Morgan fingerprint density at radius 2 is 2.38 bits per heavy atom. The van der Waals surface area contributed by atoms with Crippen LogP contribution >= 0.6 is 11.6 Å². The summed E-state index contributed by atoms with van der Waals surface area (Å²) < 4.78 is 0. The van der Waals surface area contributed by atoms with Gasteiger partial charge < -0.3 is 5.11 Å². The summed E-state index contributed by atoms with van der Waals surface area (Å²) in [6, 6.07) is 0. The van der Waals surface area contributed by atoms with Crippen LogP contribution in [-0.4, -0.2) is 10.5 Å². The quantitative estimate of drug-likeness (QED) is 0.502. The molecule has 1 radical (unpaired) electrons. The van der Waals surface area contributed by atoms with E-state index in [1.54, 1.807) is 0 Å². The minimum atomic E-state index is 0.198. The summed E-state index contributed by atoms with van der Waals surface area (Å²) in [7, 11) is 0. The Kier molecular flexibility index (Phi) is 2.15. The van der Waals surface area contributed by atoms with Crippen LogP contribution in [0.4, 0.5) is 0 Å². The Hall–Kier alpha value is 0.250. The van der Waals surface area contributed by atoms with Crippen LogP contribution in [0, 0.1) is 6.10 Å². The van der Waals surface area contributed by atoms with E-state index in [1.807, 2.05) is 0 Å². The number of aliphatic hydroxyl groups is 1. The van der Waals surface area contributed by atoms with Gasteiger partial charge in [0.2, 0.25) is 0 Å². The second-order valence-corrected chi connectivity index (χ2v) is 2.88. The van der Waals surface area contributed by atoms with Gasteiger partial charge in [0.25, 0.3) is 0 Å². The molecule has 1 aliphatic rings. The number of alkyl halides is 1. The maximum Gasteiger partial charge on any atom is 0.0947 e. The van der Waals surface area contributed by atoms with Crippen LogP contribution in [0.5, 0.6) is 0 Å². The van der Waals surface area contributed by atoms with E-state index in [-0.39, 0.29) is 5.38 Å².